The Balaban J connectivity index is 1.42. The van der Waals surface area contributed by atoms with Crippen molar-refractivity contribution in [3.63, 3.8) is 0 Å². The number of nitrogens with zero attached hydrogens (tertiary/aromatic N) is 2. The van der Waals surface area contributed by atoms with Crippen LogP contribution in [0.5, 0.6) is 0 Å². The molecule has 158 valence electrons. The van der Waals surface area contributed by atoms with Crippen molar-refractivity contribution in [2.24, 2.45) is 0 Å². The molecule has 0 fully saturated rings. The molecule has 11 heteroatoms. The van der Waals surface area contributed by atoms with Gasteiger partial charge in [0.15, 0.2) is 0 Å². The van der Waals surface area contributed by atoms with Crippen LogP contribution in [0.15, 0.2) is 46.3 Å². The second kappa shape index (κ2) is 9.53. The summed E-state index contributed by atoms with van der Waals surface area (Å²) < 4.78 is 41.6. The summed E-state index contributed by atoms with van der Waals surface area (Å²) in [5.74, 6) is -0.127. The van der Waals surface area contributed by atoms with Gasteiger partial charge in [-0.1, -0.05) is 11.2 Å². The summed E-state index contributed by atoms with van der Waals surface area (Å²) in [5.41, 5.74) is 0.500. The monoisotopic (exact) mass is 438 g/mol. The fourth-order valence-corrected chi connectivity index (χ4v) is 3.12. The van der Waals surface area contributed by atoms with E-state index < -0.39 is 18.6 Å². The average Bonchev–Trinajstić information content (AvgIpc) is 3.38. The van der Waals surface area contributed by atoms with Crippen LogP contribution in [0, 0.1) is 0 Å². The van der Waals surface area contributed by atoms with Gasteiger partial charge in [-0.15, -0.1) is 11.3 Å². The predicted molar refractivity (Wildman–Crippen MR) is 104 cm³/mol. The smallest absolute Gasteiger partial charge is 0.343 e. The Morgan fingerprint density at radius 1 is 1.13 bits per heavy atom. The molecule has 0 aliphatic heterocycles. The summed E-state index contributed by atoms with van der Waals surface area (Å²) in [5, 5.41) is 10.3. The number of hydrogen-bond donors (Lipinski definition) is 2. The molecule has 0 unspecified atom stereocenters. The normalized spacial score (nSPS) is 11.3. The fraction of sp³-hybridized carbons (Fsp3) is 0.263. The number of rotatable bonds is 8. The van der Waals surface area contributed by atoms with Crippen molar-refractivity contribution in [1.82, 2.24) is 15.5 Å². The highest BCUT2D eigenvalue weighted by Gasteiger charge is 2.27. The van der Waals surface area contributed by atoms with E-state index >= 15 is 0 Å². The molecule has 2 aromatic heterocycles. The van der Waals surface area contributed by atoms with Gasteiger partial charge >= 0.3 is 6.18 Å². The van der Waals surface area contributed by atoms with Crippen LogP contribution in [0.25, 0.3) is 10.7 Å². The van der Waals surface area contributed by atoms with E-state index in [1.165, 1.54) is 35.6 Å². The van der Waals surface area contributed by atoms with E-state index in [4.69, 9.17) is 4.52 Å². The van der Waals surface area contributed by atoms with Gasteiger partial charge in [0.05, 0.1) is 4.88 Å². The maximum Gasteiger partial charge on any atom is 0.405 e. The molecular weight excluding hydrogens is 421 g/mol. The summed E-state index contributed by atoms with van der Waals surface area (Å²) in [6, 6.07) is 9.36. The number of amides is 2. The van der Waals surface area contributed by atoms with Crippen molar-refractivity contribution in [1.29, 1.82) is 0 Å². The van der Waals surface area contributed by atoms with Crippen molar-refractivity contribution < 1.29 is 27.3 Å². The largest absolute Gasteiger partial charge is 0.405 e. The Bertz CT molecular complexity index is 985. The zero-order valence-corrected chi connectivity index (χ0v) is 16.3. The maximum absolute atomic E-state index is 12.1. The number of alkyl halides is 3. The van der Waals surface area contributed by atoms with Crippen LogP contribution >= 0.6 is 11.3 Å². The van der Waals surface area contributed by atoms with Gasteiger partial charge < -0.3 is 15.2 Å². The molecule has 0 aliphatic carbocycles. The van der Waals surface area contributed by atoms with Crippen LogP contribution in [0.2, 0.25) is 0 Å². The summed E-state index contributed by atoms with van der Waals surface area (Å²) in [4.78, 5) is 28.9. The molecule has 7 nitrogen and oxygen atoms in total. The first-order chi connectivity index (χ1) is 14.3. The van der Waals surface area contributed by atoms with E-state index in [2.05, 4.69) is 15.5 Å². The Kier molecular flexibility index (Phi) is 6.83. The van der Waals surface area contributed by atoms with Crippen LogP contribution in [0.3, 0.4) is 0 Å². The molecular formula is C19H17F3N4O3S. The van der Waals surface area contributed by atoms with E-state index in [9.17, 15) is 22.8 Å². The summed E-state index contributed by atoms with van der Waals surface area (Å²) in [7, 11) is 0. The number of carbonyl (C=O) groups is 2. The zero-order chi connectivity index (χ0) is 21.6. The predicted octanol–water partition coefficient (Wildman–Crippen LogP) is 4.05. The van der Waals surface area contributed by atoms with Gasteiger partial charge in [-0.05, 0) is 42.1 Å². The highest BCUT2D eigenvalue weighted by atomic mass is 32.1. The molecule has 3 rings (SSSR count). The minimum atomic E-state index is -4.48. The van der Waals surface area contributed by atoms with Gasteiger partial charge in [-0.2, -0.15) is 18.2 Å². The third-order valence-corrected chi connectivity index (χ3v) is 4.75. The van der Waals surface area contributed by atoms with Crippen molar-refractivity contribution in [3.05, 3.63) is 53.2 Å². The van der Waals surface area contributed by atoms with E-state index in [-0.39, 0.29) is 17.9 Å². The van der Waals surface area contributed by atoms with Gasteiger partial charge in [0.2, 0.25) is 17.6 Å². The minimum absolute atomic E-state index is 0.0650. The number of carbonyl (C=O) groups excluding carboxylic acids is 2. The summed E-state index contributed by atoms with van der Waals surface area (Å²) >= 11 is 1.50. The number of benzene rings is 1. The molecule has 0 saturated carbocycles. The Morgan fingerprint density at radius 3 is 2.57 bits per heavy atom. The topological polar surface area (TPSA) is 97.1 Å². The highest BCUT2D eigenvalue weighted by molar-refractivity contribution is 7.13. The van der Waals surface area contributed by atoms with Gasteiger partial charge in [-0.25, -0.2) is 0 Å². The van der Waals surface area contributed by atoms with Crippen molar-refractivity contribution >= 4 is 28.8 Å². The Morgan fingerprint density at radius 2 is 1.90 bits per heavy atom. The van der Waals surface area contributed by atoms with Crippen LogP contribution < -0.4 is 10.6 Å². The number of aryl methyl sites for hydroxylation is 1. The molecule has 0 bridgehead atoms. The van der Waals surface area contributed by atoms with Gasteiger partial charge in [-0.3, -0.25) is 9.59 Å². The third kappa shape index (κ3) is 6.41. The van der Waals surface area contributed by atoms with E-state index in [1.807, 2.05) is 17.5 Å². The molecule has 2 heterocycles. The third-order valence-electron chi connectivity index (χ3n) is 3.88. The van der Waals surface area contributed by atoms with Crippen molar-refractivity contribution in [2.75, 3.05) is 11.9 Å². The number of nitrogens with one attached hydrogen (secondary N) is 2. The van der Waals surface area contributed by atoms with Crippen LogP contribution in [-0.2, 0) is 11.2 Å². The number of halogens is 3. The molecule has 0 saturated heterocycles. The molecule has 30 heavy (non-hydrogen) atoms. The van der Waals surface area contributed by atoms with Crippen molar-refractivity contribution in [2.45, 2.75) is 25.4 Å². The van der Waals surface area contributed by atoms with Gasteiger partial charge in [0.25, 0.3) is 5.91 Å². The lowest BCUT2D eigenvalue weighted by Crippen LogP contribution is -2.33. The molecule has 0 atom stereocenters. The molecule has 1 aromatic carbocycles. The lowest BCUT2D eigenvalue weighted by molar-refractivity contribution is -0.123. The lowest BCUT2D eigenvalue weighted by atomic mass is 10.2. The standard InChI is InChI=1S/C19H17F3N4O3S/c20-19(21,22)11-23-18(28)12-6-8-13(9-7-12)24-15(27)4-1-5-16-25-17(26-29-16)14-3-2-10-30-14/h2-3,6-10H,1,4-5,11H2,(H,23,28)(H,24,27). The summed E-state index contributed by atoms with van der Waals surface area (Å²) in [6.07, 6.45) is -3.32. The van der Waals surface area contributed by atoms with E-state index in [0.29, 0.717) is 30.2 Å². The van der Waals surface area contributed by atoms with Crippen LogP contribution in [0.1, 0.15) is 29.1 Å². The molecule has 2 amide bonds. The molecule has 0 spiro atoms. The first-order valence-corrected chi connectivity index (χ1v) is 9.79. The van der Waals surface area contributed by atoms with E-state index in [0.717, 1.165) is 4.88 Å². The minimum Gasteiger partial charge on any atom is -0.343 e. The maximum atomic E-state index is 12.1. The number of aromatic nitrogens is 2. The summed E-state index contributed by atoms with van der Waals surface area (Å²) in [6.45, 7) is -1.40. The fourth-order valence-electron chi connectivity index (χ4n) is 2.47. The van der Waals surface area contributed by atoms with E-state index in [1.54, 1.807) is 5.32 Å². The van der Waals surface area contributed by atoms with Gasteiger partial charge in [0, 0.05) is 24.1 Å². The Hall–Kier alpha value is -3.21. The molecule has 0 aliphatic rings. The average molecular weight is 438 g/mol. The second-order valence-corrected chi connectivity index (χ2v) is 7.21. The van der Waals surface area contributed by atoms with Gasteiger partial charge in [0.1, 0.15) is 6.54 Å². The number of anilines is 1. The zero-order valence-electron chi connectivity index (χ0n) is 15.5. The SMILES string of the molecule is O=C(CCCc1nc(-c2cccs2)no1)Nc1ccc(C(=O)NCC(F)(F)F)cc1. The molecule has 2 N–H and O–H groups in total. The lowest BCUT2D eigenvalue weighted by Gasteiger charge is -2.09. The number of hydrogen-bond acceptors (Lipinski definition) is 6. The Labute approximate surface area is 173 Å². The number of thiophene rings is 1. The van der Waals surface area contributed by atoms with Crippen molar-refractivity contribution in [3.8, 4) is 10.7 Å². The molecule has 3 aromatic rings. The molecule has 0 radical (unpaired) electrons. The first-order valence-electron chi connectivity index (χ1n) is 8.91. The second-order valence-electron chi connectivity index (χ2n) is 6.27. The quantitative estimate of drug-likeness (QED) is 0.553. The highest BCUT2D eigenvalue weighted by Crippen LogP contribution is 2.21. The first kappa shape index (κ1) is 21.5. The van der Waals surface area contributed by atoms with Crippen LogP contribution in [-0.4, -0.2) is 34.7 Å². The van der Waals surface area contributed by atoms with Crippen LogP contribution in [0.4, 0.5) is 18.9 Å².